The molecule has 0 aliphatic heterocycles. The zero-order chi connectivity index (χ0) is 20.2. The Balaban J connectivity index is 1.67. The summed E-state index contributed by atoms with van der Waals surface area (Å²) in [7, 11) is 2.19. The Labute approximate surface area is 171 Å². The average molecular weight is 380 g/mol. The average Bonchev–Trinajstić information content (AvgIpc) is 2.61. The van der Waals surface area contributed by atoms with Gasteiger partial charge in [0.05, 0.1) is 12.2 Å². The first-order valence-corrected chi connectivity index (χ1v) is 10.7. The smallest absolute Gasteiger partial charge is 0.0939 e. The molecule has 2 atom stereocenters. The maximum absolute atomic E-state index is 6.75. The van der Waals surface area contributed by atoms with Crippen molar-refractivity contribution in [2.45, 2.75) is 59.1 Å². The van der Waals surface area contributed by atoms with E-state index in [1.807, 2.05) is 0 Å². The molecule has 0 aromatic heterocycles. The van der Waals surface area contributed by atoms with Gasteiger partial charge in [0, 0.05) is 13.1 Å². The maximum Gasteiger partial charge on any atom is 0.0939 e. The molecule has 1 aliphatic carbocycles. The second-order valence-electron chi connectivity index (χ2n) is 9.79. The van der Waals surface area contributed by atoms with Gasteiger partial charge in [0.2, 0.25) is 0 Å². The standard InChI is InChI=1S/C26H37NO/c1-21-10-9-11-23(16-21)19-27(5)14-15-28-26(24-12-7-6-8-13-24)18-22(2)17-25(3,4)20-26/h6-13,16,22H,14-15,17-20H2,1-5H3. The van der Waals surface area contributed by atoms with Gasteiger partial charge in [-0.3, -0.25) is 4.90 Å². The molecule has 1 saturated carbocycles. The number of benzene rings is 2. The van der Waals surface area contributed by atoms with Crippen molar-refractivity contribution in [3.05, 3.63) is 71.3 Å². The summed E-state index contributed by atoms with van der Waals surface area (Å²) < 4.78 is 6.75. The van der Waals surface area contributed by atoms with Crippen LogP contribution in [0.25, 0.3) is 0 Å². The molecule has 2 aromatic carbocycles. The first-order chi connectivity index (χ1) is 13.3. The van der Waals surface area contributed by atoms with Crippen LogP contribution in [0, 0.1) is 18.3 Å². The van der Waals surface area contributed by atoms with Crippen LogP contribution in [0.5, 0.6) is 0 Å². The summed E-state index contributed by atoms with van der Waals surface area (Å²) in [5.41, 5.74) is 4.18. The lowest BCUT2D eigenvalue weighted by atomic mass is 9.63. The Hall–Kier alpha value is -1.64. The van der Waals surface area contributed by atoms with E-state index in [1.54, 1.807) is 0 Å². The summed E-state index contributed by atoms with van der Waals surface area (Å²) in [5, 5.41) is 0. The van der Waals surface area contributed by atoms with Crippen molar-refractivity contribution in [1.82, 2.24) is 4.90 Å². The molecule has 152 valence electrons. The highest BCUT2D eigenvalue weighted by molar-refractivity contribution is 5.24. The lowest BCUT2D eigenvalue weighted by Crippen LogP contribution is -2.43. The van der Waals surface area contributed by atoms with Crippen LogP contribution in [0.4, 0.5) is 0 Å². The summed E-state index contributed by atoms with van der Waals surface area (Å²) in [6.07, 6.45) is 3.48. The minimum atomic E-state index is -0.160. The Kier molecular flexibility index (Phi) is 6.62. The van der Waals surface area contributed by atoms with Gasteiger partial charge < -0.3 is 4.74 Å². The van der Waals surface area contributed by atoms with Crippen LogP contribution in [-0.2, 0) is 16.9 Å². The van der Waals surface area contributed by atoms with Gasteiger partial charge in [0.1, 0.15) is 0 Å². The highest BCUT2D eigenvalue weighted by Crippen LogP contribution is 2.50. The third-order valence-corrected chi connectivity index (χ3v) is 6.03. The Morgan fingerprint density at radius 2 is 1.79 bits per heavy atom. The van der Waals surface area contributed by atoms with Crippen LogP contribution in [0.2, 0.25) is 0 Å². The molecule has 0 amide bonds. The van der Waals surface area contributed by atoms with Crippen molar-refractivity contribution in [3.63, 3.8) is 0 Å². The molecule has 2 unspecified atom stereocenters. The molecule has 0 spiro atoms. The zero-order valence-electron chi connectivity index (χ0n) is 18.4. The summed E-state index contributed by atoms with van der Waals surface area (Å²) in [6, 6.07) is 19.7. The Morgan fingerprint density at radius 3 is 2.46 bits per heavy atom. The lowest BCUT2D eigenvalue weighted by Gasteiger charge is -2.48. The van der Waals surface area contributed by atoms with E-state index in [4.69, 9.17) is 4.74 Å². The molecule has 0 heterocycles. The van der Waals surface area contributed by atoms with E-state index < -0.39 is 0 Å². The van der Waals surface area contributed by atoms with Gasteiger partial charge in [-0.15, -0.1) is 0 Å². The van der Waals surface area contributed by atoms with Gasteiger partial charge in [-0.1, -0.05) is 80.9 Å². The normalized spacial score (nSPS) is 24.4. The third-order valence-electron chi connectivity index (χ3n) is 6.03. The van der Waals surface area contributed by atoms with Gasteiger partial charge >= 0.3 is 0 Å². The first kappa shape index (κ1) is 21.1. The third kappa shape index (κ3) is 5.46. The minimum absolute atomic E-state index is 0.160. The summed E-state index contributed by atoms with van der Waals surface area (Å²) in [5.74, 6) is 0.675. The van der Waals surface area contributed by atoms with Gasteiger partial charge in [-0.25, -0.2) is 0 Å². The van der Waals surface area contributed by atoms with Crippen molar-refractivity contribution in [2.24, 2.45) is 11.3 Å². The lowest BCUT2D eigenvalue weighted by molar-refractivity contribution is -0.120. The van der Waals surface area contributed by atoms with Gasteiger partial charge in [-0.2, -0.15) is 0 Å². The molecular weight excluding hydrogens is 342 g/mol. The SMILES string of the molecule is Cc1cccc(CN(C)CCOC2(c3ccccc3)CC(C)CC(C)(C)C2)c1. The second kappa shape index (κ2) is 8.80. The molecule has 2 aromatic rings. The number of rotatable bonds is 7. The number of nitrogens with zero attached hydrogens (tertiary/aromatic N) is 1. The van der Waals surface area contributed by atoms with Crippen molar-refractivity contribution in [2.75, 3.05) is 20.2 Å². The molecule has 3 rings (SSSR count). The molecule has 2 heteroatoms. The summed E-state index contributed by atoms with van der Waals surface area (Å²) in [4.78, 5) is 2.37. The fourth-order valence-corrected chi connectivity index (χ4v) is 5.25. The van der Waals surface area contributed by atoms with Crippen LogP contribution in [0.15, 0.2) is 54.6 Å². The maximum atomic E-state index is 6.75. The van der Waals surface area contributed by atoms with E-state index in [0.717, 1.165) is 32.5 Å². The Bertz CT molecular complexity index is 754. The van der Waals surface area contributed by atoms with E-state index in [9.17, 15) is 0 Å². The number of likely N-dealkylation sites (N-methyl/N-ethyl adjacent to an activating group) is 1. The van der Waals surface area contributed by atoms with Crippen LogP contribution in [-0.4, -0.2) is 25.1 Å². The van der Waals surface area contributed by atoms with Gasteiger partial charge in [-0.05, 0) is 55.7 Å². The van der Waals surface area contributed by atoms with E-state index in [1.165, 1.54) is 23.1 Å². The van der Waals surface area contributed by atoms with E-state index >= 15 is 0 Å². The monoisotopic (exact) mass is 379 g/mol. The van der Waals surface area contributed by atoms with Gasteiger partial charge in [0.25, 0.3) is 0 Å². The van der Waals surface area contributed by atoms with E-state index in [-0.39, 0.29) is 5.60 Å². The van der Waals surface area contributed by atoms with Crippen molar-refractivity contribution in [3.8, 4) is 0 Å². The highest BCUT2D eigenvalue weighted by atomic mass is 16.5. The predicted molar refractivity (Wildman–Crippen MR) is 118 cm³/mol. The fourth-order valence-electron chi connectivity index (χ4n) is 5.25. The quantitative estimate of drug-likeness (QED) is 0.569. The number of aryl methyl sites for hydroxylation is 1. The van der Waals surface area contributed by atoms with Crippen LogP contribution >= 0.6 is 0 Å². The summed E-state index contributed by atoms with van der Waals surface area (Å²) in [6.45, 7) is 12.0. The molecule has 1 aliphatic rings. The Morgan fingerprint density at radius 1 is 1.04 bits per heavy atom. The largest absolute Gasteiger partial charge is 0.369 e. The molecule has 0 bridgehead atoms. The van der Waals surface area contributed by atoms with E-state index in [0.29, 0.717) is 11.3 Å². The molecule has 0 saturated heterocycles. The first-order valence-electron chi connectivity index (χ1n) is 10.7. The van der Waals surface area contributed by atoms with Crippen molar-refractivity contribution in [1.29, 1.82) is 0 Å². The van der Waals surface area contributed by atoms with Crippen molar-refractivity contribution >= 4 is 0 Å². The summed E-state index contributed by atoms with van der Waals surface area (Å²) >= 11 is 0. The number of ether oxygens (including phenoxy) is 1. The minimum Gasteiger partial charge on any atom is -0.369 e. The van der Waals surface area contributed by atoms with E-state index in [2.05, 4.69) is 94.2 Å². The van der Waals surface area contributed by atoms with Gasteiger partial charge in [0.15, 0.2) is 0 Å². The predicted octanol–water partition coefficient (Wildman–Crippen LogP) is 6.19. The molecule has 0 N–H and O–H groups in total. The molecule has 0 radical (unpaired) electrons. The highest BCUT2D eigenvalue weighted by Gasteiger charge is 2.44. The van der Waals surface area contributed by atoms with Crippen molar-refractivity contribution < 1.29 is 4.74 Å². The van der Waals surface area contributed by atoms with Crippen LogP contribution in [0.3, 0.4) is 0 Å². The molecular formula is C26H37NO. The van der Waals surface area contributed by atoms with Crippen LogP contribution < -0.4 is 0 Å². The topological polar surface area (TPSA) is 12.5 Å². The fraction of sp³-hybridized carbons (Fsp3) is 0.538. The number of hydrogen-bond acceptors (Lipinski definition) is 2. The second-order valence-corrected chi connectivity index (χ2v) is 9.79. The zero-order valence-corrected chi connectivity index (χ0v) is 18.4. The number of hydrogen-bond donors (Lipinski definition) is 0. The van der Waals surface area contributed by atoms with Crippen LogP contribution in [0.1, 0.15) is 56.7 Å². The molecule has 28 heavy (non-hydrogen) atoms. The molecule has 2 nitrogen and oxygen atoms in total. The molecule has 1 fully saturated rings.